The molecular weight excluding hydrogens is 218 g/mol. The normalized spacial score (nSPS) is 22.1. The largest absolute Gasteiger partial charge is 0.348 e. The first kappa shape index (κ1) is 11.9. The summed E-state index contributed by atoms with van der Waals surface area (Å²) in [5.74, 6) is 0.877. The highest BCUT2D eigenvalue weighted by molar-refractivity contribution is 7.13. The highest BCUT2D eigenvalue weighted by Crippen LogP contribution is 2.25. The van der Waals surface area contributed by atoms with E-state index in [1.807, 2.05) is 7.05 Å². The Labute approximate surface area is 102 Å². The molecule has 1 aliphatic rings. The Hall–Kier alpha value is -0.610. The lowest BCUT2D eigenvalue weighted by Crippen LogP contribution is -2.24. The van der Waals surface area contributed by atoms with Crippen LogP contribution in [-0.2, 0) is 6.54 Å². The fourth-order valence-electron chi connectivity index (χ4n) is 2.16. The molecule has 0 amide bonds. The van der Waals surface area contributed by atoms with Crippen molar-refractivity contribution in [2.75, 3.05) is 25.0 Å². The molecule has 0 bridgehead atoms. The quantitative estimate of drug-likeness (QED) is 0.878. The van der Waals surface area contributed by atoms with E-state index in [9.17, 15) is 0 Å². The van der Waals surface area contributed by atoms with Crippen LogP contribution in [0.15, 0.2) is 5.38 Å². The maximum absolute atomic E-state index is 4.67. The summed E-state index contributed by atoms with van der Waals surface area (Å²) < 4.78 is 0. The van der Waals surface area contributed by atoms with E-state index in [4.69, 9.17) is 0 Å². The number of rotatable bonds is 3. The Balaban J connectivity index is 1.99. The Morgan fingerprint density at radius 2 is 2.38 bits per heavy atom. The van der Waals surface area contributed by atoms with Crippen molar-refractivity contribution < 1.29 is 0 Å². The number of nitrogens with zero attached hydrogens (tertiary/aromatic N) is 2. The molecule has 16 heavy (non-hydrogen) atoms. The van der Waals surface area contributed by atoms with Gasteiger partial charge in [0, 0.05) is 25.0 Å². The molecule has 2 rings (SSSR count). The Morgan fingerprint density at radius 1 is 1.50 bits per heavy atom. The number of anilines is 1. The predicted octanol–water partition coefficient (Wildman–Crippen LogP) is 2.49. The van der Waals surface area contributed by atoms with Crippen LogP contribution < -0.4 is 10.2 Å². The van der Waals surface area contributed by atoms with Crippen molar-refractivity contribution >= 4 is 16.5 Å². The Morgan fingerprint density at radius 3 is 3.19 bits per heavy atom. The predicted molar refractivity (Wildman–Crippen MR) is 70.1 cm³/mol. The van der Waals surface area contributed by atoms with Gasteiger partial charge in [-0.2, -0.15) is 0 Å². The molecule has 4 heteroatoms. The second kappa shape index (κ2) is 5.64. The number of nitrogens with one attached hydrogen (secondary N) is 1. The highest BCUT2D eigenvalue weighted by atomic mass is 32.1. The number of aromatic nitrogens is 1. The molecule has 1 aliphatic heterocycles. The van der Waals surface area contributed by atoms with E-state index in [1.165, 1.54) is 43.2 Å². The molecule has 1 saturated heterocycles. The van der Waals surface area contributed by atoms with Crippen LogP contribution in [0.5, 0.6) is 0 Å². The zero-order valence-corrected chi connectivity index (χ0v) is 11.0. The van der Waals surface area contributed by atoms with Crippen molar-refractivity contribution in [2.45, 2.75) is 32.7 Å². The smallest absolute Gasteiger partial charge is 0.185 e. The Kier molecular flexibility index (Phi) is 4.18. The summed E-state index contributed by atoms with van der Waals surface area (Å²) in [6.07, 6.45) is 3.98. The van der Waals surface area contributed by atoms with Crippen molar-refractivity contribution in [2.24, 2.45) is 5.92 Å². The van der Waals surface area contributed by atoms with Crippen LogP contribution in [0, 0.1) is 5.92 Å². The third-order valence-corrected chi connectivity index (χ3v) is 4.14. The lowest BCUT2D eigenvalue weighted by Gasteiger charge is -2.18. The third kappa shape index (κ3) is 2.95. The first-order valence-electron chi connectivity index (χ1n) is 6.13. The van der Waals surface area contributed by atoms with E-state index in [-0.39, 0.29) is 0 Å². The van der Waals surface area contributed by atoms with Crippen LogP contribution >= 0.6 is 11.3 Å². The van der Waals surface area contributed by atoms with Crippen molar-refractivity contribution in [1.29, 1.82) is 0 Å². The molecule has 1 N–H and O–H groups in total. The molecule has 1 unspecified atom stereocenters. The van der Waals surface area contributed by atoms with Crippen LogP contribution in [0.2, 0.25) is 0 Å². The minimum atomic E-state index is 0.876. The lowest BCUT2D eigenvalue weighted by atomic mass is 10.0. The van der Waals surface area contributed by atoms with Crippen LogP contribution in [0.1, 0.15) is 31.9 Å². The van der Waals surface area contributed by atoms with Gasteiger partial charge in [0.1, 0.15) is 0 Å². The minimum Gasteiger partial charge on any atom is -0.348 e. The number of hydrogen-bond donors (Lipinski definition) is 1. The van der Waals surface area contributed by atoms with Crippen LogP contribution in [0.25, 0.3) is 0 Å². The van der Waals surface area contributed by atoms with Crippen molar-refractivity contribution in [1.82, 2.24) is 10.3 Å². The average molecular weight is 239 g/mol. The number of hydrogen-bond acceptors (Lipinski definition) is 4. The molecule has 1 atom stereocenters. The molecule has 0 saturated carbocycles. The molecule has 0 aliphatic carbocycles. The maximum atomic E-state index is 4.67. The highest BCUT2D eigenvalue weighted by Gasteiger charge is 2.16. The molecule has 0 radical (unpaired) electrons. The van der Waals surface area contributed by atoms with E-state index in [1.54, 1.807) is 11.3 Å². The van der Waals surface area contributed by atoms with Gasteiger partial charge >= 0.3 is 0 Å². The topological polar surface area (TPSA) is 28.2 Å². The van der Waals surface area contributed by atoms with E-state index in [0.717, 1.165) is 12.5 Å². The van der Waals surface area contributed by atoms with Crippen LogP contribution in [0.3, 0.4) is 0 Å². The molecule has 1 aromatic heterocycles. The zero-order chi connectivity index (χ0) is 11.4. The van der Waals surface area contributed by atoms with Crippen molar-refractivity contribution in [3.8, 4) is 0 Å². The van der Waals surface area contributed by atoms with Gasteiger partial charge in [-0.15, -0.1) is 11.3 Å². The summed E-state index contributed by atoms with van der Waals surface area (Å²) in [6, 6.07) is 0. The summed E-state index contributed by atoms with van der Waals surface area (Å²) in [6.45, 7) is 5.59. The maximum Gasteiger partial charge on any atom is 0.185 e. The van der Waals surface area contributed by atoms with E-state index < -0.39 is 0 Å². The van der Waals surface area contributed by atoms with Crippen LogP contribution in [-0.4, -0.2) is 25.1 Å². The van der Waals surface area contributed by atoms with Gasteiger partial charge in [-0.3, -0.25) is 0 Å². The van der Waals surface area contributed by atoms with E-state index in [0.29, 0.717) is 0 Å². The second-order valence-corrected chi connectivity index (χ2v) is 5.51. The van der Waals surface area contributed by atoms with E-state index in [2.05, 4.69) is 27.5 Å². The van der Waals surface area contributed by atoms with Crippen molar-refractivity contribution in [3.05, 3.63) is 11.1 Å². The summed E-state index contributed by atoms with van der Waals surface area (Å²) in [5, 5.41) is 6.52. The number of thiazole rings is 1. The first-order valence-corrected chi connectivity index (χ1v) is 7.01. The molecule has 1 aromatic rings. The molecule has 3 nitrogen and oxygen atoms in total. The summed E-state index contributed by atoms with van der Waals surface area (Å²) in [5.41, 5.74) is 1.17. The van der Waals surface area contributed by atoms with Crippen LogP contribution in [0.4, 0.5) is 5.13 Å². The monoisotopic (exact) mass is 239 g/mol. The first-order chi connectivity index (χ1) is 7.79. The molecule has 90 valence electrons. The molecule has 0 spiro atoms. The van der Waals surface area contributed by atoms with Gasteiger partial charge in [0.2, 0.25) is 0 Å². The second-order valence-electron chi connectivity index (χ2n) is 4.67. The summed E-state index contributed by atoms with van der Waals surface area (Å²) in [7, 11) is 1.96. The van der Waals surface area contributed by atoms with Gasteiger partial charge in [0.15, 0.2) is 5.13 Å². The minimum absolute atomic E-state index is 0.876. The van der Waals surface area contributed by atoms with Gasteiger partial charge in [0.25, 0.3) is 0 Å². The van der Waals surface area contributed by atoms with Gasteiger partial charge in [-0.25, -0.2) is 4.98 Å². The molecular formula is C12H21N3S. The Bertz CT molecular complexity index is 324. The SMILES string of the molecule is CNCc1csc(N2CCCC(C)CC2)n1. The van der Waals surface area contributed by atoms with E-state index >= 15 is 0 Å². The zero-order valence-electron chi connectivity index (χ0n) is 10.2. The molecule has 0 aromatic carbocycles. The fraction of sp³-hybridized carbons (Fsp3) is 0.750. The average Bonchev–Trinajstić information content (AvgIpc) is 2.62. The fourth-order valence-corrected chi connectivity index (χ4v) is 3.04. The third-order valence-electron chi connectivity index (χ3n) is 3.18. The molecule has 1 fully saturated rings. The van der Waals surface area contributed by atoms with Gasteiger partial charge in [0.05, 0.1) is 5.69 Å². The standard InChI is InChI=1S/C12H21N3S/c1-10-4-3-6-15(7-5-10)12-14-11(8-13-2)9-16-12/h9-10,13H,3-8H2,1-2H3. The summed E-state index contributed by atoms with van der Waals surface area (Å²) >= 11 is 1.78. The van der Waals surface area contributed by atoms with Gasteiger partial charge < -0.3 is 10.2 Å². The summed E-state index contributed by atoms with van der Waals surface area (Å²) in [4.78, 5) is 7.12. The lowest BCUT2D eigenvalue weighted by molar-refractivity contribution is 0.521. The van der Waals surface area contributed by atoms with Gasteiger partial charge in [-0.05, 0) is 32.2 Å². The van der Waals surface area contributed by atoms with Gasteiger partial charge in [-0.1, -0.05) is 6.92 Å². The van der Waals surface area contributed by atoms with Crippen molar-refractivity contribution in [3.63, 3.8) is 0 Å². The molecule has 2 heterocycles.